The minimum absolute atomic E-state index is 0.0614. The molecular weight excluding hydrogens is 174 g/mol. The molecule has 0 bridgehead atoms. The van der Waals surface area contributed by atoms with Crippen molar-refractivity contribution in [1.29, 1.82) is 0 Å². The predicted octanol–water partition coefficient (Wildman–Crippen LogP) is 2.80. The van der Waals surface area contributed by atoms with Gasteiger partial charge in [0.05, 0.1) is 6.20 Å². The molecule has 1 aromatic heterocycles. The van der Waals surface area contributed by atoms with Crippen LogP contribution in [0.2, 0.25) is 0 Å². The van der Waals surface area contributed by atoms with Crippen LogP contribution in [0, 0.1) is 6.92 Å². The van der Waals surface area contributed by atoms with Gasteiger partial charge in [-0.15, -0.1) is 0 Å². The maximum atomic E-state index is 12.4. The standard InChI is InChI=1S/C7H8F2N2.C2H6/c1-5-3-10-11(4-5)6-2-7(6,8)9;1-2/h3-4,6H,2H2,1H3;1-2H3. The molecule has 0 radical (unpaired) electrons. The second-order valence-corrected chi connectivity index (χ2v) is 2.98. The van der Waals surface area contributed by atoms with Gasteiger partial charge in [0.2, 0.25) is 0 Å². The zero-order valence-electron chi connectivity index (χ0n) is 8.09. The van der Waals surface area contributed by atoms with Crippen molar-refractivity contribution in [3.05, 3.63) is 18.0 Å². The molecule has 0 spiro atoms. The van der Waals surface area contributed by atoms with Crippen LogP contribution in [-0.4, -0.2) is 15.7 Å². The zero-order chi connectivity index (χ0) is 10.1. The predicted molar refractivity (Wildman–Crippen MR) is 46.9 cm³/mol. The van der Waals surface area contributed by atoms with Gasteiger partial charge in [-0.3, -0.25) is 4.68 Å². The summed E-state index contributed by atoms with van der Waals surface area (Å²) in [6, 6.07) is -0.684. The van der Waals surface area contributed by atoms with E-state index in [4.69, 9.17) is 0 Å². The minimum atomic E-state index is -2.52. The van der Waals surface area contributed by atoms with Crippen molar-refractivity contribution < 1.29 is 8.78 Å². The van der Waals surface area contributed by atoms with E-state index in [9.17, 15) is 8.78 Å². The van der Waals surface area contributed by atoms with Crippen LogP contribution in [0.25, 0.3) is 0 Å². The fraction of sp³-hybridized carbons (Fsp3) is 0.667. The summed E-state index contributed by atoms with van der Waals surface area (Å²) >= 11 is 0. The highest BCUT2D eigenvalue weighted by Gasteiger charge is 2.58. The van der Waals surface area contributed by atoms with Gasteiger partial charge in [-0.2, -0.15) is 5.10 Å². The first-order valence-electron chi connectivity index (χ1n) is 4.48. The number of nitrogens with zero attached hydrogens (tertiary/aromatic N) is 2. The van der Waals surface area contributed by atoms with E-state index in [0.29, 0.717) is 0 Å². The number of rotatable bonds is 1. The first kappa shape index (κ1) is 10.2. The summed E-state index contributed by atoms with van der Waals surface area (Å²) in [4.78, 5) is 0. The average molecular weight is 188 g/mol. The van der Waals surface area contributed by atoms with Crippen LogP contribution in [0.15, 0.2) is 12.4 Å². The van der Waals surface area contributed by atoms with E-state index in [2.05, 4.69) is 5.10 Å². The van der Waals surface area contributed by atoms with Crippen LogP contribution in [0.3, 0.4) is 0 Å². The molecule has 1 heterocycles. The van der Waals surface area contributed by atoms with Crippen LogP contribution in [-0.2, 0) is 0 Å². The van der Waals surface area contributed by atoms with Gasteiger partial charge in [-0.25, -0.2) is 8.78 Å². The van der Waals surface area contributed by atoms with E-state index in [1.54, 1.807) is 12.4 Å². The van der Waals surface area contributed by atoms with Crippen molar-refractivity contribution in [1.82, 2.24) is 9.78 Å². The number of aromatic nitrogens is 2. The van der Waals surface area contributed by atoms with Gasteiger partial charge in [-0.05, 0) is 12.5 Å². The Balaban J connectivity index is 0.000000396. The molecule has 1 aliphatic carbocycles. The molecule has 2 rings (SSSR count). The third kappa shape index (κ3) is 2.05. The Morgan fingerprint density at radius 1 is 1.54 bits per heavy atom. The second kappa shape index (κ2) is 3.44. The van der Waals surface area contributed by atoms with Crippen molar-refractivity contribution in [2.24, 2.45) is 0 Å². The number of hydrogen-bond donors (Lipinski definition) is 0. The quantitative estimate of drug-likeness (QED) is 0.662. The molecule has 0 amide bonds. The molecule has 1 atom stereocenters. The Hall–Kier alpha value is -0.930. The van der Waals surface area contributed by atoms with Crippen LogP contribution < -0.4 is 0 Å². The minimum Gasteiger partial charge on any atom is -0.263 e. The lowest BCUT2D eigenvalue weighted by Crippen LogP contribution is -2.02. The molecule has 1 aromatic rings. The van der Waals surface area contributed by atoms with Crippen molar-refractivity contribution in [3.63, 3.8) is 0 Å². The Morgan fingerprint density at radius 2 is 2.08 bits per heavy atom. The van der Waals surface area contributed by atoms with Crippen LogP contribution >= 0.6 is 0 Å². The summed E-state index contributed by atoms with van der Waals surface area (Å²) in [5.41, 5.74) is 0.924. The van der Waals surface area contributed by atoms with Crippen molar-refractivity contribution in [3.8, 4) is 0 Å². The zero-order valence-corrected chi connectivity index (χ0v) is 8.09. The number of halogens is 2. The molecule has 74 valence electrons. The first-order valence-corrected chi connectivity index (χ1v) is 4.48. The summed E-state index contributed by atoms with van der Waals surface area (Å²) < 4.78 is 26.2. The number of alkyl halides is 2. The van der Waals surface area contributed by atoms with Crippen LogP contribution in [0.5, 0.6) is 0 Å². The second-order valence-electron chi connectivity index (χ2n) is 2.98. The molecule has 0 aliphatic heterocycles. The molecule has 0 N–H and O–H groups in total. The smallest absolute Gasteiger partial charge is 0.263 e. The molecule has 13 heavy (non-hydrogen) atoms. The van der Waals surface area contributed by atoms with Gasteiger partial charge in [0.15, 0.2) is 0 Å². The highest BCUT2D eigenvalue weighted by Crippen LogP contribution is 2.51. The molecule has 0 aromatic carbocycles. The molecule has 2 nitrogen and oxygen atoms in total. The Kier molecular flexibility index (Phi) is 2.68. The maximum absolute atomic E-state index is 12.4. The fourth-order valence-corrected chi connectivity index (χ4v) is 1.09. The van der Waals surface area contributed by atoms with E-state index < -0.39 is 12.0 Å². The maximum Gasteiger partial charge on any atom is 0.272 e. The molecule has 1 unspecified atom stereocenters. The van der Waals surface area contributed by atoms with Crippen LogP contribution in [0.1, 0.15) is 31.9 Å². The van der Waals surface area contributed by atoms with Crippen molar-refractivity contribution >= 4 is 0 Å². The lowest BCUT2D eigenvalue weighted by molar-refractivity contribution is 0.0983. The highest BCUT2D eigenvalue weighted by atomic mass is 19.3. The van der Waals surface area contributed by atoms with Gasteiger partial charge in [0, 0.05) is 12.6 Å². The van der Waals surface area contributed by atoms with Crippen LogP contribution in [0.4, 0.5) is 8.78 Å². The van der Waals surface area contributed by atoms with Gasteiger partial charge in [0.25, 0.3) is 5.92 Å². The summed E-state index contributed by atoms with van der Waals surface area (Å²) in [5, 5.41) is 3.81. The van der Waals surface area contributed by atoms with Gasteiger partial charge < -0.3 is 0 Å². The van der Waals surface area contributed by atoms with E-state index in [1.165, 1.54) is 4.68 Å². The van der Waals surface area contributed by atoms with Gasteiger partial charge in [-0.1, -0.05) is 13.8 Å². The van der Waals surface area contributed by atoms with E-state index in [1.807, 2.05) is 20.8 Å². The summed E-state index contributed by atoms with van der Waals surface area (Å²) in [5.74, 6) is -2.52. The monoisotopic (exact) mass is 188 g/mol. The molecule has 1 fully saturated rings. The van der Waals surface area contributed by atoms with Gasteiger partial charge in [0.1, 0.15) is 6.04 Å². The fourth-order valence-electron chi connectivity index (χ4n) is 1.09. The normalized spacial score (nSPS) is 23.3. The summed E-state index contributed by atoms with van der Waals surface area (Å²) in [6.45, 7) is 5.84. The molecule has 0 saturated heterocycles. The largest absolute Gasteiger partial charge is 0.272 e. The average Bonchev–Trinajstić information content (AvgIpc) is 2.55. The topological polar surface area (TPSA) is 17.8 Å². The lowest BCUT2D eigenvalue weighted by Gasteiger charge is -1.96. The molecular formula is C9H14F2N2. The Morgan fingerprint density at radius 3 is 2.38 bits per heavy atom. The molecule has 1 saturated carbocycles. The van der Waals surface area contributed by atoms with Crippen molar-refractivity contribution in [2.45, 2.75) is 39.2 Å². The Bertz CT molecular complexity index is 281. The van der Waals surface area contributed by atoms with Crippen molar-refractivity contribution in [2.75, 3.05) is 0 Å². The van der Waals surface area contributed by atoms with E-state index >= 15 is 0 Å². The summed E-state index contributed by atoms with van der Waals surface area (Å²) in [7, 11) is 0. The first-order chi connectivity index (χ1) is 6.09. The summed E-state index contributed by atoms with van der Waals surface area (Å²) in [6.07, 6.45) is 3.17. The van der Waals surface area contributed by atoms with E-state index in [0.717, 1.165) is 5.56 Å². The number of hydrogen-bond acceptors (Lipinski definition) is 1. The Labute approximate surface area is 76.6 Å². The van der Waals surface area contributed by atoms with E-state index in [-0.39, 0.29) is 6.42 Å². The SMILES string of the molecule is CC.Cc1cnn(C2CC2(F)F)c1. The highest BCUT2D eigenvalue weighted by molar-refractivity contribution is 5.07. The molecule has 4 heteroatoms. The number of aryl methyl sites for hydroxylation is 1. The van der Waals surface area contributed by atoms with Gasteiger partial charge >= 0.3 is 0 Å². The third-order valence-electron chi connectivity index (χ3n) is 1.84. The molecule has 1 aliphatic rings. The third-order valence-corrected chi connectivity index (χ3v) is 1.84. The lowest BCUT2D eigenvalue weighted by atomic mass is 10.4.